The van der Waals surface area contributed by atoms with Crippen LogP contribution in [0.25, 0.3) is 0 Å². The fourth-order valence-electron chi connectivity index (χ4n) is 2.13. The van der Waals surface area contributed by atoms with Gasteiger partial charge in [-0.25, -0.2) is 4.79 Å². The number of nitrogens with one attached hydrogen (secondary N) is 1. The first-order valence-electron chi connectivity index (χ1n) is 8.86. The molecule has 0 aromatic heterocycles. The van der Waals surface area contributed by atoms with E-state index in [1.165, 1.54) is 48.5 Å². The van der Waals surface area contributed by atoms with E-state index in [4.69, 9.17) is 9.94 Å². The zero-order valence-corrected chi connectivity index (χ0v) is 20.5. The largest absolute Gasteiger partial charge is 1.00 e. The van der Waals surface area contributed by atoms with Crippen LogP contribution in [0.2, 0.25) is 0 Å². The Balaban J connectivity index is 0.00000480. The van der Waals surface area contributed by atoms with Gasteiger partial charge in [0.1, 0.15) is 6.54 Å². The number of anilines is 1. The number of benzene rings is 2. The van der Waals surface area contributed by atoms with Gasteiger partial charge in [-0.15, -0.1) is 0 Å². The maximum atomic E-state index is 13.1. The van der Waals surface area contributed by atoms with Crippen LogP contribution in [0.5, 0.6) is 0 Å². The Morgan fingerprint density at radius 3 is 2.06 bits per heavy atom. The third-order valence-electron chi connectivity index (χ3n) is 3.78. The van der Waals surface area contributed by atoms with Crippen LogP contribution in [0.15, 0.2) is 59.5 Å². The Morgan fingerprint density at radius 1 is 1.03 bits per heavy atom. The molecule has 162 valence electrons. The van der Waals surface area contributed by atoms with E-state index in [-0.39, 0.29) is 47.1 Å². The number of carboxylic acids is 1. The molecule has 9 nitrogen and oxygen atoms in total. The van der Waals surface area contributed by atoms with Crippen LogP contribution in [0.4, 0.5) is 5.69 Å². The Kier molecular flexibility index (Phi) is 9.25. The molecule has 31 heavy (non-hydrogen) atoms. The summed E-state index contributed by atoms with van der Waals surface area (Å²) in [4.78, 5) is 40.1. The van der Waals surface area contributed by atoms with E-state index >= 15 is 0 Å². The molecular weight excluding hydrogens is 435 g/mol. The van der Waals surface area contributed by atoms with Gasteiger partial charge in [0, 0.05) is 5.56 Å². The standard InChI is InChI=1S/C20H22N2O7S.Na.H/c1-20(2,3)19(26)29-22(30(27,28)16-7-5-4-6-8-16)15-11-9-14(10-12-15)18(25)21-13-17(23)24;;/h4-12H,13H2,1-3H3,(H,21,25)(H,23,24);;/q;+1;-1. The first kappa shape index (κ1) is 26.6. The smallest absolute Gasteiger partial charge is 1.00 e. The summed E-state index contributed by atoms with van der Waals surface area (Å²) in [6, 6.07) is 12.6. The number of amides is 1. The summed E-state index contributed by atoms with van der Waals surface area (Å²) in [7, 11) is -4.25. The molecule has 2 N–H and O–H groups in total. The Labute approximate surface area is 204 Å². The van der Waals surface area contributed by atoms with Gasteiger partial charge in [-0.05, 0) is 57.2 Å². The molecule has 0 radical (unpaired) electrons. The molecule has 2 aromatic rings. The first-order valence-corrected chi connectivity index (χ1v) is 10.3. The van der Waals surface area contributed by atoms with Gasteiger partial charge in [-0.3, -0.25) is 9.59 Å². The van der Waals surface area contributed by atoms with E-state index in [0.717, 1.165) is 0 Å². The molecule has 1 amide bonds. The van der Waals surface area contributed by atoms with E-state index < -0.39 is 39.8 Å². The zero-order chi connectivity index (χ0) is 22.5. The number of aliphatic carboxylic acids is 1. The molecule has 0 heterocycles. The van der Waals surface area contributed by atoms with Crippen LogP contribution in [0.1, 0.15) is 32.6 Å². The molecule has 0 atom stereocenters. The number of nitrogens with zero attached hydrogens (tertiary/aromatic N) is 1. The van der Waals surface area contributed by atoms with Crippen molar-refractivity contribution in [1.29, 1.82) is 0 Å². The van der Waals surface area contributed by atoms with Crippen molar-refractivity contribution in [2.24, 2.45) is 5.41 Å². The molecule has 0 aliphatic heterocycles. The maximum absolute atomic E-state index is 13.1. The van der Waals surface area contributed by atoms with E-state index in [9.17, 15) is 22.8 Å². The number of carbonyl (C=O) groups is 3. The van der Waals surface area contributed by atoms with Crippen LogP contribution in [0.3, 0.4) is 0 Å². The second kappa shape index (κ2) is 10.8. The van der Waals surface area contributed by atoms with Gasteiger partial charge in [0.05, 0.1) is 16.0 Å². The van der Waals surface area contributed by atoms with Gasteiger partial charge in [0.2, 0.25) is 0 Å². The second-order valence-electron chi connectivity index (χ2n) is 7.30. The van der Waals surface area contributed by atoms with Crippen molar-refractivity contribution in [3.63, 3.8) is 0 Å². The zero-order valence-electron chi connectivity index (χ0n) is 18.7. The van der Waals surface area contributed by atoms with Crippen LogP contribution in [-0.4, -0.2) is 37.9 Å². The molecule has 0 aliphatic carbocycles. The average molecular weight is 458 g/mol. The van der Waals surface area contributed by atoms with Gasteiger partial charge >= 0.3 is 41.5 Å². The Morgan fingerprint density at radius 2 is 1.58 bits per heavy atom. The number of carbonyl (C=O) groups excluding carboxylic acids is 2. The average Bonchev–Trinajstić information content (AvgIpc) is 2.70. The minimum Gasteiger partial charge on any atom is -1.00 e. The van der Waals surface area contributed by atoms with E-state index in [0.29, 0.717) is 4.47 Å². The predicted octanol–water partition coefficient (Wildman–Crippen LogP) is -0.683. The van der Waals surface area contributed by atoms with Gasteiger partial charge in [-0.2, -0.15) is 8.42 Å². The Hall–Kier alpha value is -2.40. The molecule has 2 aromatic carbocycles. The minimum atomic E-state index is -4.25. The topological polar surface area (TPSA) is 130 Å². The van der Waals surface area contributed by atoms with Gasteiger partial charge < -0.3 is 16.7 Å². The predicted molar refractivity (Wildman–Crippen MR) is 109 cm³/mol. The van der Waals surface area contributed by atoms with Crippen LogP contribution < -0.4 is 39.3 Å². The number of hydrogen-bond acceptors (Lipinski definition) is 6. The fourth-order valence-corrected chi connectivity index (χ4v) is 3.39. The molecule has 0 aliphatic rings. The third kappa shape index (κ3) is 7.06. The van der Waals surface area contributed by atoms with Crippen molar-refractivity contribution < 1.29 is 63.7 Å². The fraction of sp³-hybridized carbons (Fsp3) is 0.250. The molecule has 2 rings (SSSR count). The maximum Gasteiger partial charge on any atom is 1.00 e. The molecular formula is C20H23N2NaO7S. The van der Waals surface area contributed by atoms with Gasteiger partial charge in [0.25, 0.3) is 15.9 Å². The molecule has 0 bridgehead atoms. The van der Waals surface area contributed by atoms with Gasteiger partial charge in [-0.1, -0.05) is 22.7 Å². The summed E-state index contributed by atoms with van der Waals surface area (Å²) in [5.74, 6) is -2.62. The summed E-state index contributed by atoms with van der Waals surface area (Å²) in [6.45, 7) is 4.19. The van der Waals surface area contributed by atoms with Crippen molar-refractivity contribution in [2.75, 3.05) is 11.0 Å². The molecule has 0 saturated heterocycles. The van der Waals surface area contributed by atoms with Crippen molar-refractivity contribution in [2.45, 2.75) is 25.7 Å². The minimum absolute atomic E-state index is 0. The summed E-state index contributed by atoms with van der Waals surface area (Å²) in [5.41, 5.74) is -0.869. The van der Waals surface area contributed by atoms with E-state index in [1.54, 1.807) is 26.8 Å². The van der Waals surface area contributed by atoms with Gasteiger partial charge in [0.15, 0.2) is 0 Å². The Bertz CT molecular complexity index is 1040. The second-order valence-corrected chi connectivity index (χ2v) is 9.05. The number of sulfonamides is 1. The van der Waals surface area contributed by atoms with Crippen molar-refractivity contribution in [3.05, 3.63) is 60.2 Å². The molecule has 0 unspecified atom stereocenters. The summed E-state index contributed by atoms with van der Waals surface area (Å²) in [6.07, 6.45) is 0. The number of rotatable bonds is 7. The van der Waals surface area contributed by atoms with E-state index in [1.807, 2.05) is 0 Å². The normalized spacial score (nSPS) is 11.1. The van der Waals surface area contributed by atoms with Crippen molar-refractivity contribution in [1.82, 2.24) is 5.32 Å². The molecule has 0 saturated carbocycles. The number of hydrogen-bond donors (Lipinski definition) is 2. The number of carboxylic acid groups (broad SMARTS) is 1. The van der Waals surface area contributed by atoms with Crippen molar-refractivity contribution >= 4 is 33.6 Å². The summed E-state index contributed by atoms with van der Waals surface area (Å²) < 4.78 is 26.7. The van der Waals surface area contributed by atoms with Crippen LogP contribution >= 0.6 is 0 Å². The molecule has 0 fully saturated rings. The quantitative estimate of drug-likeness (QED) is 0.415. The first-order chi connectivity index (χ1) is 13.9. The SMILES string of the molecule is CC(C)(C)C(=O)ON(c1ccc(C(=O)NCC(=O)O)cc1)S(=O)(=O)c1ccccc1.[H-].[Na+]. The third-order valence-corrected chi connectivity index (χ3v) is 5.37. The van der Waals surface area contributed by atoms with Crippen LogP contribution in [0, 0.1) is 5.41 Å². The van der Waals surface area contributed by atoms with E-state index in [2.05, 4.69) is 5.32 Å². The summed E-state index contributed by atoms with van der Waals surface area (Å²) in [5, 5.41) is 10.8. The monoisotopic (exact) mass is 458 g/mol. The summed E-state index contributed by atoms with van der Waals surface area (Å²) >= 11 is 0. The molecule has 11 heteroatoms. The van der Waals surface area contributed by atoms with Crippen molar-refractivity contribution in [3.8, 4) is 0 Å². The molecule has 0 spiro atoms. The van der Waals surface area contributed by atoms with Crippen LogP contribution in [-0.2, 0) is 24.4 Å².